The van der Waals surface area contributed by atoms with Crippen molar-refractivity contribution in [1.82, 2.24) is 25.8 Å². The number of halogens is 2. The van der Waals surface area contributed by atoms with Gasteiger partial charge in [-0.15, -0.1) is 4.99 Å². The van der Waals surface area contributed by atoms with Gasteiger partial charge in [-0.3, -0.25) is 5.32 Å². The predicted octanol–water partition coefficient (Wildman–Crippen LogP) is 2.94. The lowest BCUT2D eigenvalue weighted by atomic mass is 10.1. The van der Waals surface area contributed by atoms with Gasteiger partial charge in [0.05, 0.1) is 30.3 Å². The van der Waals surface area contributed by atoms with Crippen LogP contribution in [0, 0.1) is 17.3 Å². The lowest BCUT2D eigenvalue weighted by Crippen LogP contribution is -2.48. The van der Waals surface area contributed by atoms with Gasteiger partial charge in [0.25, 0.3) is 0 Å². The first-order valence-electron chi connectivity index (χ1n) is 13.7. The number of pyridine rings is 1. The number of aliphatic hydroxyl groups is 2. The van der Waals surface area contributed by atoms with Gasteiger partial charge in [-0.25, -0.2) is 19.0 Å². The summed E-state index contributed by atoms with van der Waals surface area (Å²) in [4.78, 5) is 34.8. The Hall–Kier alpha value is -4.71. The van der Waals surface area contributed by atoms with E-state index in [1.54, 1.807) is 24.5 Å². The van der Waals surface area contributed by atoms with Crippen molar-refractivity contribution in [3.8, 4) is 6.19 Å². The van der Waals surface area contributed by atoms with Crippen LogP contribution in [0.5, 0.6) is 0 Å². The number of nitrogens with one attached hydrogen (secondary N) is 4. The Morgan fingerprint density at radius 2 is 1.91 bits per heavy atom. The fourth-order valence-corrected chi connectivity index (χ4v) is 4.25. The maximum atomic E-state index is 13.8. The molecule has 44 heavy (non-hydrogen) atoms. The highest BCUT2D eigenvalue weighted by molar-refractivity contribution is 6.31. The standard InChI is InChI=1S/C29H34ClFN8O5/c1-39(28(42)35-14-21-8-4-10-24(31)26(21)30)23(9-5-11-33-27(36-18-32)37-22(15-40)16-41)17-44-29(43)38-25-12-19-6-2-3-7-20(19)13-34-25/h2-4,6-8,10,12-13,22-23,40-41H,5,9,11,14-17H2,1H3,(H,35,42)(H2,33,36,37)(H,34,38,43)/t23-/m0/s1. The number of likely N-dealkylation sites (N-methyl/N-ethyl adjacent to an activating group) is 1. The van der Waals surface area contributed by atoms with Crippen molar-refractivity contribution in [2.45, 2.75) is 31.5 Å². The number of ether oxygens (including phenoxy) is 1. The van der Waals surface area contributed by atoms with Gasteiger partial charge in [0.1, 0.15) is 18.2 Å². The van der Waals surface area contributed by atoms with Crippen molar-refractivity contribution in [1.29, 1.82) is 5.26 Å². The van der Waals surface area contributed by atoms with Crippen LogP contribution in [0.15, 0.2) is 59.7 Å². The SMILES string of the molecule is CN(C(=O)NCc1cccc(F)c1Cl)[C@@H](CCCN/C(=N\C#N)NC(CO)CO)COC(=O)Nc1cc2ccccc2cn1. The van der Waals surface area contributed by atoms with E-state index in [0.29, 0.717) is 24.2 Å². The number of amides is 3. The molecule has 13 nitrogen and oxygen atoms in total. The van der Waals surface area contributed by atoms with Crippen molar-refractivity contribution in [2.24, 2.45) is 4.99 Å². The summed E-state index contributed by atoms with van der Waals surface area (Å²) in [6.45, 7) is -0.660. The number of hydrogen-bond acceptors (Lipinski definition) is 8. The highest BCUT2D eigenvalue weighted by Gasteiger charge is 2.22. The molecular weight excluding hydrogens is 595 g/mol. The van der Waals surface area contributed by atoms with E-state index in [-0.39, 0.29) is 43.9 Å². The maximum Gasteiger partial charge on any atom is 0.412 e. The van der Waals surface area contributed by atoms with Gasteiger partial charge in [0, 0.05) is 31.7 Å². The third-order valence-electron chi connectivity index (χ3n) is 6.55. The Morgan fingerprint density at radius 3 is 2.64 bits per heavy atom. The van der Waals surface area contributed by atoms with E-state index < -0.39 is 30.0 Å². The molecule has 0 aliphatic carbocycles. The van der Waals surface area contributed by atoms with E-state index in [9.17, 15) is 24.2 Å². The molecule has 0 fully saturated rings. The normalized spacial score (nSPS) is 11.9. The summed E-state index contributed by atoms with van der Waals surface area (Å²) < 4.78 is 19.3. The van der Waals surface area contributed by atoms with Gasteiger partial charge < -0.3 is 35.8 Å². The van der Waals surface area contributed by atoms with Crippen LogP contribution < -0.4 is 21.3 Å². The number of nitriles is 1. The van der Waals surface area contributed by atoms with Gasteiger partial charge >= 0.3 is 12.1 Å². The smallest absolute Gasteiger partial charge is 0.412 e. The first kappa shape index (κ1) is 33.8. The molecule has 3 amide bonds. The molecule has 0 aliphatic heterocycles. The second-order valence-corrected chi connectivity index (χ2v) is 9.99. The van der Waals surface area contributed by atoms with Crippen molar-refractivity contribution in [2.75, 3.05) is 38.7 Å². The van der Waals surface area contributed by atoms with E-state index in [1.807, 2.05) is 24.3 Å². The molecular formula is C29H34ClFN8O5. The fraction of sp³-hybridized carbons (Fsp3) is 0.345. The highest BCUT2D eigenvalue weighted by Crippen LogP contribution is 2.20. The topological polar surface area (TPSA) is 184 Å². The number of benzene rings is 2. The van der Waals surface area contributed by atoms with E-state index in [0.717, 1.165) is 10.8 Å². The maximum absolute atomic E-state index is 13.8. The molecule has 0 radical (unpaired) electrons. The Labute approximate surface area is 258 Å². The number of rotatable bonds is 13. The van der Waals surface area contributed by atoms with E-state index in [2.05, 4.69) is 31.2 Å². The number of carbonyl (C=O) groups is 2. The molecule has 234 valence electrons. The molecule has 0 saturated heterocycles. The summed E-state index contributed by atoms with van der Waals surface area (Å²) in [6, 6.07) is 11.7. The number of nitrogens with zero attached hydrogens (tertiary/aromatic N) is 4. The Balaban J connectivity index is 1.62. The fourth-order valence-electron chi connectivity index (χ4n) is 4.06. The average molecular weight is 629 g/mol. The van der Waals surface area contributed by atoms with Gasteiger partial charge in [-0.1, -0.05) is 48.0 Å². The van der Waals surface area contributed by atoms with E-state index in [4.69, 9.17) is 21.6 Å². The molecule has 0 unspecified atom stereocenters. The molecule has 1 atom stereocenters. The van der Waals surface area contributed by atoms with Crippen LogP contribution in [0.4, 0.5) is 19.8 Å². The van der Waals surface area contributed by atoms with E-state index >= 15 is 0 Å². The summed E-state index contributed by atoms with van der Waals surface area (Å²) in [7, 11) is 1.53. The Kier molecular flexibility index (Phi) is 13.4. The number of aliphatic imine (C=N–C) groups is 1. The lowest BCUT2D eigenvalue weighted by Gasteiger charge is -2.28. The van der Waals surface area contributed by atoms with Crippen molar-refractivity contribution < 1.29 is 28.9 Å². The largest absolute Gasteiger partial charge is 0.447 e. The minimum atomic E-state index is -0.761. The molecule has 3 aromatic rings. The second-order valence-electron chi connectivity index (χ2n) is 9.61. The number of aliphatic hydroxyl groups excluding tert-OH is 2. The average Bonchev–Trinajstić information content (AvgIpc) is 3.03. The van der Waals surface area contributed by atoms with Crippen molar-refractivity contribution in [3.63, 3.8) is 0 Å². The second kappa shape index (κ2) is 17.4. The lowest BCUT2D eigenvalue weighted by molar-refractivity contribution is 0.113. The molecule has 1 heterocycles. The number of anilines is 1. The van der Waals surface area contributed by atoms with Gasteiger partial charge in [-0.05, 0) is 35.9 Å². The zero-order chi connectivity index (χ0) is 31.9. The molecule has 0 aliphatic rings. The number of guanidine groups is 1. The monoisotopic (exact) mass is 628 g/mol. The van der Waals surface area contributed by atoms with Crippen LogP contribution in [-0.4, -0.2) is 83.7 Å². The van der Waals surface area contributed by atoms with Crippen LogP contribution in [0.25, 0.3) is 10.8 Å². The minimum absolute atomic E-state index is 0.0282. The molecule has 1 aromatic heterocycles. The number of aromatic nitrogens is 1. The van der Waals surface area contributed by atoms with Crippen LogP contribution >= 0.6 is 11.6 Å². The number of carbonyl (C=O) groups excluding carboxylic acids is 2. The third-order valence-corrected chi connectivity index (χ3v) is 6.97. The molecule has 0 saturated carbocycles. The zero-order valence-electron chi connectivity index (χ0n) is 24.0. The Morgan fingerprint density at radius 1 is 1.16 bits per heavy atom. The Bertz CT molecular complexity index is 1480. The summed E-state index contributed by atoms with van der Waals surface area (Å²) in [5.41, 5.74) is 0.397. The number of hydrogen-bond donors (Lipinski definition) is 6. The summed E-state index contributed by atoms with van der Waals surface area (Å²) in [5.74, 6) is -0.238. The first-order chi connectivity index (χ1) is 21.2. The number of fused-ring (bicyclic) bond motifs is 1. The van der Waals surface area contributed by atoms with Crippen molar-refractivity contribution >= 4 is 46.3 Å². The number of urea groups is 1. The van der Waals surface area contributed by atoms with Crippen molar-refractivity contribution in [3.05, 3.63) is 71.1 Å². The first-order valence-corrected chi connectivity index (χ1v) is 14.0. The van der Waals surface area contributed by atoms with Crippen LogP contribution in [0.3, 0.4) is 0 Å². The highest BCUT2D eigenvalue weighted by atomic mass is 35.5. The third kappa shape index (κ3) is 10.2. The van der Waals surface area contributed by atoms with Gasteiger partial charge in [-0.2, -0.15) is 5.26 Å². The molecule has 15 heteroatoms. The summed E-state index contributed by atoms with van der Waals surface area (Å²) in [6.07, 6.45) is 3.29. The van der Waals surface area contributed by atoms with Crippen LogP contribution in [0.2, 0.25) is 5.02 Å². The minimum Gasteiger partial charge on any atom is -0.447 e. The van der Waals surface area contributed by atoms with Crippen LogP contribution in [-0.2, 0) is 11.3 Å². The molecule has 6 N–H and O–H groups in total. The molecule has 3 rings (SSSR count). The van der Waals surface area contributed by atoms with Gasteiger partial charge in [0.2, 0.25) is 12.2 Å². The summed E-state index contributed by atoms with van der Waals surface area (Å²) in [5, 5.41) is 40.1. The van der Waals surface area contributed by atoms with E-state index in [1.165, 1.54) is 24.1 Å². The molecule has 0 bridgehead atoms. The van der Waals surface area contributed by atoms with Crippen LogP contribution in [0.1, 0.15) is 18.4 Å². The quantitative estimate of drug-likeness (QED) is 0.0717. The molecule has 0 spiro atoms. The summed E-state index contributed by atoms with van der Waals surface area (Å²) >= 11 is 6.01. The van der Waals surface area contributed by atoms with Gasteiger partial charge in [0.15, 0.2) is 0 Å². The molecule has 2 aromatic carbocycles. The predicted molar refractivity (Wildman–Crippen MR) is 163 cm³/mol. The zero-order valence-corrected chi connectivity index (χ0v) is 24.7.